The van der Waals surface area contributed by atoms with E-state index < -0.39 is 12.2 Å². The van der Waals surface area contributed by atoms with Crippen molar-refractivity contribution in [1.29, 1.82) is 0 Å². The molecule has 2 aliphatic heterocycles. The average molecular weight is 346 g/mol. The molecule has 0 bridgehead atoms. The van der Waals surface area contributed by atoms with E-state index >= 15 is 0 Å². The van der Waals surface area contributed by atoms with Crippen LogP contribution in [0.3, 0.4) is 0 Å². The summed E-state index contributed by atoms with van der Waals surface area (Å²) in [7, 11) is 0. The fourth-order valence-electron chi connectivity index (χ4n) is 3.47. The summed E-state index contributed by atoms with van der Waals surface area (Å²) in [6, 6.07) is 0.170. The molecule has 0 saturated carbocycles. The Morgan fingerprint density at radius 1 is 0.870 bits per heavy atom. The molecular formula is C16H30N2O4S+2. The molecule has 132 valence electrons. The molecule has 2 saturated heterocycles. The molecule has 0 aromatic heterocycles. The topological polar surface area (TPSA) is 80.6 Å². The third kappa shape index (κ3) is 6.47. The predicted octanol–water partition coefficient (Wildman–Crippen LogP) is 1.88. The summed E-state index contributed by atoms with van der Waals surface area (Å²) in [6.45, 7) is 1.26. The summed E-state index contributed by atoms with van der Waals surface area (Å²) < 4.78 is 2.29. The van der Waals surface area contributed by atoms with E-state index in [1.54, 1.807) is 11.8 Å². The highest BCUT2D eigenvalue weighted by Gasteiger charge is 2.32. The van der Waals surface area contributed by atoms with Crippen LogP contribution in [-0.4, -0.2) is 68.6 Å². The Bertz CT molecular complexity index is 372. The highest BCUT2D eigenvalue weighted by molar-refractivity contribution is 7.99. The minimum Gasteiger partial charge on any atom is -0.392 e. The second-order valence-corrected chi connectivity index (χ2v) is 7.95. The summed E-state index contributed by atoms with van der Waals surface area (Å²) in [6.07, 6.45) is 5.82. The SMILES string of the molecule is O=[N+]1CCCC1CCC(O)CSCC(O)CCC1CCC[N+]1=O. The lowest BCUT2D eigenvalue weighted by Crippen LogP contribution is -2.22. The van der Waals surface area contributed by atoms with Crippen LogP contribution in [0.2, 0.25) is 0 Å². The van der Waals surface area contributed by atoms with Crippen molar-refractivity contribution in [3.05, 3.63) is 9.81 Å². The lowest BCUT2D eigenvalue weighted by molar-refractivity contribution is -0.565. The monoisotopic (exact) mass is 346 g/mol. The van der Waals surface area contributed by atoms with Gasteiger partial charge in [-0.2, -0.15) is 11.8 Å². The first-order chi connectivity index (χ1) is 11.1. The van der Waals surface area contributed by atoms with Crippen molar-refractivity contribution in [2.45, 2.75) is 75.7 Å². The van der Waals surface area contributed by atoms with Crippen molar-refractivity contribution in [3.63, 3.8) is 0 Å². The summed E-state index contributed by atoms with van der Waals surface area (Å²) in [4.78, 5) is 22.9. The van der Waals surface area contributed by atoms with Crippen molar-refractivity contribution in [1.82, 2.24) is 0 Å². The summed E-state index contributed by atoms with van der Waals surface area (Å²) in [5.41, 5.74) is 0. The Balaban J connectivity index is 1.49. The fourth-order valence-corrected chi connectivity index (χ4v) is 4.49. The van der Waals surface area contributed by atoms with Gasteiger partial charge in [0.1, 0.15) is 0 Å². The number of rotatable bonds is 10. The lowest BCUT2D eigenvalue weighted by atomic mass is 10.1. The Morgan fingerprint density at radius 3 is 1.65 bits per heavy atom. The van der Waals surface area contributed by atoms with Crippen LogP contribution in [0.15, 0.2) is 0 Å². The zero-order valence-electron chi connectivity index (χ0n) is 13.8. The smallest absolute Gasteiger partial charge is 0.201 e. The third-order valence-corrected chi connectivity index (χ3v) is 6.17. The van der Waals surface area contributed by atoms with Crippen molar-refractivity contribution in [2.75, 3.05) is 24.6 Å². The molecular weight excluding hydrogens is 316 g/mol. The van der Waals surface area contributed by atoms with Crippen LogP contribution in [0.5, 0.6) is 0 Å². The number of thioether (sulfide) groups is 1. The molecule has 2 aliphatic rings. The van der Waals surface area contributed by atoms with Gasteiger partial charge in [-0.3, -0.25) is 0 Å². The molecule has 23 heavy (non-hydrogen) atoms. The number of aliphatic hydroxyl groups excluding tert-OH is 2. The van der Waals surface area contributed by atoms with E-state index in [1.807, 2.05) is 0 Å². The minimum absolute atomic E-state index is 0.0849. The van der Waals surface area contributed by atoms with Crippen LogP contribution < -0.4 is 0 Å². The molecule has 0 aromatic rings. The first-order valence-corrected chi connectivity index (χ1v) is 10.0. The maximum absolute atomic E-state index is 11.5. The van der Waals surface area contributed by atoms with Crippen LogP contribution >= 0.6 is 11.8 Å². The molecule has 0 spiro atoms. The quantitative estimate of drug-likeness (QED) is 0.590. The van der Waals surface area contributed by atoms with Crippen LogP contribution in [0.25, 0.3) is 0 Å². The second-order valence-electron chi connectivity index (χ2n) is 6.87. The van der Waals surface area contributed by atoms with Gasteiger partial charge in [0.25, 0.3) is 0 Å². The van der Waals surface area contributed by atoms with E-state index in [0.29, 0.717) is 37.4 Å². The van der Waals surface area contributed by atoms with Gasteiger partial charge in [-0.15, -0.1) is 0 Å². The highest BCUT2D eigenvalue weighted by atomic mass is 32.2. The first-order valence-electron chi connectivity index (χ1n) is 8.87. The minimum atomic E-state index is -0.409. The van der Waals surface area contributed by atoms with E-state index in [2.05, 4.69) is 0 Å². The van der Waals surface area contributed by atoms with Crippen molar-refractivity contribution in [2.24, 2.45) is 0 Å². The number of aliphatic hydroxyl groups is 2. The molecule has 4 unspecified atom stereocenters. The van der Waals surface area contributed by atoms with E-state index in [-0.39, 0.29) is 12.1 Å². The average Bonchev–Trinajstić information content (AvgIpc) is 3.11. The molecule has 0 aromatic carbocycles. The molecule has 0 aliphatic carbocycles. The number of hydrogen-bond donors (Lipinski definition) is 2. The van der Waals surface area contributed by atoms with Gasteiger partial charge in [-0.1, -0.05) is 0 Å². The maximum atomic E-state index is 11.5. The van der Waals surface area contributed by atoms with Gasteiger partial charge in [0, 0.05) is 69.4 Å². The maximum Gasteiger partial charge on any atom is 0.201 e. The largest absolute Gasteiger partial charge is 0.392 e. The van der Waals surface area contributed by atoms with Gasteiger partial charge >= 0.3 is 0 Å². The highest BCUT2D eigenvalue weighted by Crippen LogP contribution is 2.20. The summed E-state index contributed by atoms with van der Waals surface area (Å²) >= 11 is 1.55. The van der Waals surface area contributed by atoms with E-state index in [4.69, 9.17) is 0 Å². The fraction of sp³-hybridized carbons (Fsp3) is 1.00. The zero-order valence-corrected chi connectivity index (χ0v) is 14.6. The normalized spacial score (nSPS) is 27.6. The van der Waals surface area contributed by atoms with Crippen LogP contribution in [0.4, 0.5) is 0 Å². The van der Waals surface area contributed by atoms with Gasteiger partial charge < -0.3 is 10.2 Å². The number of nitroso groups, excluding NO2 is 2. The Hall–Kier alpha value is -0.530. The lowest BCUT2D eigenvalue weighted by Gasteiger charge is -2.13. The number of nitrogens with zero attached hydrogens (tertiary/aromatic N) is 2. The predicted molar refractivity (Wildman–Crippen MR) is 90.8 cm³/mol. The van der Waals surface area contributed by atoms with Crippen LogP contribution in [0, 0.1) is 9.81 Å². The van der Waals surface area contributed by atoms with Crippen molar-refractivity contribution < 1.29 is 19.7 Å². The molecule has 2 rings (SSSR count). The Morgan fingerprint density at radius 2 is 1.30 bits per heavy atom. The molecule has 0 amide bonds. The summed E-state index contributed by atoms with van der Waals surface area (Å²) in [5.74, 6) is 1.19. The molecule has 6 nitrogen and oxygen atoms in total. The van der Waals surface area contributed by atoms with E-state index in [1.165, 1.54) is 0 Å². The third-order valence-electron chi connectivity index (χ3n) is 4.93. The summed E-state index contributed by atoms with van der Waals surface area (Å²) in [5, 5.41) is 19.9. The van der Waals surface area contributed by atoms with Gasteiger partial charge in [0.05, 0.1) is 12.2 Å². The standard InChI is InChI=1S/C16H30N2O4S/c19-15(7-5-13-3-1-9-17(13)21)11-23-12-16(20)8-6-14-4-2-10-18(14)22/h13-16,19-20H,1-12H2/q+2. The van der Waals surface area contributed by atoms with Crippen molar-refractivity contribution in [3.8, 4) is 0 Å². The van der Waals surface area contributed by atoms with E-state index in [9.17, 15) is 20.0 Å². The van der Waals surface area contributed by atoms with Gasteiger partial charge in [-0.05, 0) is 12.8 Å². The second kappa shape index (κ2) is 9.69. The molecule has 0 radical (unpaired) electrons. The Kier molecular flexibility index (Phi) is 7.92. The van der Waals surface area contributed by atoms with Crippen LogP contribution in [0.1, 0.15) is 51.4 Å². The molecule has 2 N–H and O–H groups in total. The van der Waals surface area contributed by atoms with Gasteiger partial charge in [-0.25, -0.2) is 0 Å². The molecule has 4 atom stereocenters. The Labute approximate surface area is 142 Å². The molecule has 2 heterocycles. The van der Waals surface area contributed by atoms with Crippen LogP contribution in [-0.2, 0) is 0 Å². The zero-order chi connectivity index (χ0) is 16.7. The number of hydrogen-bond acceptors (Lipinski definition) is 5. The molecule has 7 heteroatoms. The van der Waals surface area contributed by atoms with Gasteiger partial charge in [0.15, 0.2) is 13.1 Å². The van der Waals surface area contributed by atoms with E-state index in [0.717, 1.165) is 48.0 Å². The first kappa shape index (κ1) is 18.8. The molecule has 2 fully saturated rings. The van der Waals surface area contributed by atoms with Crippen molar-refractivity contribution >= 4 is 11.8 Å². The van der Waals surface area contributed by atoms with Gasteiger partial charge in [0.2, 0.25) is 12.1 Å².